The van der Waals surface area contributed by atoms with Gasteiger partial charge in [-0.05, 0) is 24.6 Å². The van der Waals surface area contributed by atoms with Crippen molar-refractivity contribution < 1.29 is 17.4 Å². The molecular formula is C7H8FNO3S. The second kappa shape index (κ2) is 3.31. The maximum absolute atomic E-state index is 12.6. The Labute approximate surface area is 75.3 Å². The van der Waals surface area contributed by atoms with Gasteiger partial charge in [-0.25, -0.2) is 4.39 Å². The predicted octanol–water partition coefficient (Wildman–Crippen LogP) is 1.35. The summed E-state index contributed by atoms with van der Waals surface area (Å²) in [5.74, 6) is -0.572. The van der Waals surface area contributed by atoms with Crippen LogP contribution in [0.3, 0.4) is 0 Å². The van der Waals surface area contributed by atoms with Crippen LogP contribution in [-0.4, -0.2) is 13.0 Å². The van der Waals surface area contributed by atoms with Crippen LogP contribution >= 0.6 is 0 Å². The van der Waals surface area contributed by atoms with E-state index in [1.54, 1.807) is 11.6 Å². The zero-order valence-corrected chi connectivity index (χ0v) is 7.60. The van der Waals surface area contributed by atoms with Crippen LogP contribution in [0.5, 0.6) is 0 Å². The van der Waals surface area contributed by atoms with Crippen LogP contribution in [0.25, 0.3) is 0 Å². The molecule has 0 amide bonds. The maximum atomic E-state index is 12.6. The molecule has 0 saturated heterocycles. The van der Waals surface area contributed by atoms with Crippen LogP contribution in [-0.2, 0) is 10.3 Å². The normalized spacial score (nSPS) is 11.3. The highest BCUT2D eigenvalue weighted by molar-refractivity contribution is 7.87. The third-order valence-corrected chi connectivity index (χ3v) is 1.92. The molecule has 0 aromatic heterocycles. The summed E-state index contributed by atoms with van der Waals surface area (Å²) in [5, 5.41) is 0. The van der Waals surface area contributed by atoms with Gasteiger partial charge in [-0.15, -0.1) is 0 Å². The standard InChI is InChI=1S/C7H8FNO3S/c1-5-2-3-6(8)4-7(5)9-13(10,11)12/h2-4,9H,1H3,(H,10,11,12). The van der Waals surface area contributed by atoms with E-state index >= 15 is 0 Å². The SMILES string of the molecule is Cc1ccc(F)cc1NS(=O)(=O)O. The van der Waals surface area contributed by atoms with Crippen molar-refractivity contribution in [2.45, 2.75) is 6.92 Å². The maximum Gasteiger partial charge on any atom is 0.357 e. The minimum Gasteiger partial charge on any atom is -0.269 e. The molecule has 0 fully saturated rings. The molecule has 6 heteroatoms. The largest absolute Gasteiger partial charge is 0.357 e. The molecule has 72 valence electrons. The van der Waals surface area contributed by atoms with Gasteiger partial charge in [0, 0.05) is 0 Å². The van der Waals surface area contributed by atoms with Crippen LogP contribution in [0.2, 0.25) is 0 Å². The highest BCUT2D eigenvalue weighted by Crippen LogP contribution is 2.16. The molecule has 0 aliphatic rings. The summed E-state index contributed by atoms with van der Waals surface area (Å²) in [7, 11) is -4.33. The van der Waals surface area contributed by atoms with Gasteiger partial charge in [0.15, 0.2) is 0 Å². The van der Waals surface area contributed by atoms with Gasteiger partial charge in [0.25, 0.3) is 0 Å². The summed E-state index contributed by atoms with van der Waals surface area (Å²) in [6, 6.07) is 3.59. The molecule has 0 unspecified atom stereocenters. The van der Waals surface area contributed by atoms with E-state index in [1.807, 2.05) is 0 Å². The lowest BCUT2D eigenvalue weighted by Gasteiger charge is -2.05. The molecule has 0 atom stereocenters. The molecule has 0 bridgehead atoms. The van der Waals surface area contributed by atoms with Crippen molar-refractivity contribution >= 4 is 16.0 Å². The Morgan fingerprint density at radius 2 is 2.08 bits per heavy atom. The summed E-state index contributed by atoms with van der Waals surface area (Å²) in [4.78, 5) is 0. The molecule has 1 aromatic carbocycles. The van der Waals surface area contributed by atoms with Crippen molar-refractivity contribution in [3.8, 4) is 0 Å². The predicted molar refractivity (Wildman–Crippen MR) is 46.3 cm³/mol. The Morgan fingerprint density at radius 1 is 1.46 bits per heavy atom. The second-order valence-electron chi connectivity index (χ2n) is 2.54. The summed E-state index contributed by atoms with van der Waals surface area (Å²) in [5.41, 5.74) is 0.557. The molecule has 0 saturated carbocycles. The van der Waals surface area contributed by atoms with Crippen molar-refractivity contribution in [2.24, 2.45) is 0 Å². The first-order valence-corrected chi connectivity index (χ1v) is 4.84. The number of hydrogen-bond donors (Lipinski definition) is 2. The second-order valence-corrected chi connectivity index (χ2v) is 3.69. The number of halogens is 1. The van der Waals surface area contributed by atoms with Gasteiger partial charge in [-0.1, -0.05) is 6.07 Å². The lowest BCUT2D eigenvalue weighted by Crippen LogP contribution is -2.11. The Kier molecular flexibility index (Phi) is 2.53. The number of rotatable bonds is 2. The Hall–Kier alpha value is -1.14. The Balaban J connectivity index is 3.08. The Bertz CT molecular complexity index is 416. The first-order valence-electron chi connectivity index (χ1n) is 3.40. The van der Waals surface area contributed by atoms with Crippen LogP contribution < -0.4 is 4.72 Å². The fourth-order valence-corrected chi connectivity index (χ4v) is 1.34. The first-order chi connectivity index (χ1) is 5.88. The van der Waals surface area contributed by atoms with Gasteiger partial charge < -0.3 is 0 Å². The van der Waals surface area contributed by atoms with Gasteiger partial charge in [0.05, 0.1) is 5.69 Å². The summed E-state index contributed by atoms with van der Waals surface area (Å²) in [6.07, 6.45) is 0. The fraction of sp³-hybridized carbons (Fsp3) is 0.143. The number of aryl methyl sites for hydroxylation is 1. The molecule has 0 heterocycles. The monoisotopic (exact) mass is 205 g/mol. The molecule has 2 N–H and O–H groups in total. The van der Waals surface area contributed by atoms with Crippen LogP contribution in [0.4, 0.5) is 10.1 Å². The quantitative estimate of drug-likeness (QED) is 0.716. The van der Waals surface area contributed by atoms with E-state index in [1.165, 1.54) is 12.1 Å². The summed E-state index contributed by atoms with van der Waals surface area (Å²) in [6.45, 7) is 1.59. The van der Waals surface area contributed by atoms with Crippen LogP contribution in [0.1, 0.15) is 5.56 Å². The van der Waals surface area contributed by atoms with Crippen molar-refractivity contribution in [3.05, 3.63) is 29.6 Å². The summed E-state index contributed by atoms with van der Waals surface area (Å²) >= 11 is 0. The smallest absolute Gasteiger partial charge is 0.269 e. The van der Waals surface area contributed by atoms with Crippen molar-refractivity contribution in [2.75, 3.05) is 4.72 Å². The van der Waals surface area contributed by atoms with E-state index in [9.17, 15) is 12.8 Å². The topological polar surface area (TPSA) is 66.4 Å². The average Bonchev–Trinajstić information content (AvgIpc) is 1.94. The molecule has 0 spiro atoms. The average molecular weight is 205 g/mol. The molecule has 4 nitrogen and oxygen atoms in total. The van der Waals surface area contributed by atoms with E-state index in [-0.39, 0.29) is 5.69 Å². The van der Waals surface area contributed by atoms with Crippen LogP contribution in [0.15, 0.2) is 18.2 Å². The van der Waals surface area contributed by atoms with E-state index in [0.29, 0.717) is 5.56 Å². The zero-order valence-electron chi connectivity index (χ0n) is 6.78. The lowest BCUT2D eigenvalue weighted by molar-refractivity contribution is 0.489. The van der Waals surface area contributed by atoms with E-state index < -0.39 is 16.1 Å². The van der Waals surface area contributed by atoms with Gasteiger partial charge in [-0.3, -0.25) is 9.27 Å². The molecule has 0 aliphatic carbocycles. The van der Waals surface area contributed by atoms with Gasteiger partial charge in [-0.2, -0.15) is 8.42 Å². The van der Waals surface area contributed by atoms with E-state index in [0.717, 1.165) is 6.07 Å². The third kappa shape index (κ3) is 3.00. The molecule has 1 rings (SSSR count). The third-order valence-electron chi connectivity index (χ3n) is 1.44. The van der Waals surface area contributed by atoms with Crippen molar-refractivity contribution in [3.63, 3.8) is 0 Å². The minimum absolute atomic E-state index is 0.0301. The minimum atomic E-state index is -4.33. The Morgan fingerprint density at radius 3 is 2.62 bits per heavy atom. The van der Waals surface area contributed by atoms with E-state index in [4.69, 9.17) is 4.55 Å². The number of anilines is 1. The fourth-order valence-electron chi connectivity index (χ4n) is 0.843. The molecule has 1 aromatic rings. The number of hydrogen-bond acceptors (Lipinski definition) is 2. The van der Waals surface area contributed by atoms with Gasteiger partial charge >= 0.3 is 10.3 Å². The highest BCUT2D eigenvalue weighted by atomic mass is 32.2. The molecular weight excluding hydrogens is 197 g/mol. The highest BCUT2D eigenvalue weighted by Gasteiger charge is 2.06. The lowest BCUT2D eigenvalue weighted by atomic mass is 10.2. The van der Waals surface area contributed by atoms with Gasteiger partial charge in [0.2, 0.25) is 0 Å². The zero-order chi connectivity index (χ0) is 10.1. The molecule has 0 radical (unpaired) electrons. The number of benzene rings is 1. The van der Waals surface area contributed by atoms with E-state index in [2.05, 4.69) is 0 Å². The number of nitrogens with one attached hydrogen (secondary N) is 1. The van der Waals surface area contributed by atoms with Gasteiger partial charge in [0.1, 0.15) is 5.82 Å². The van der Waals surface area contributed by atoms with Crippen LogP contribution in [0, 0.1) is 12.7 Å². The van der Waals surface area contributed by atoms with Crippen molar-refractivity contribution in [1.29, 1.82) is 0 Å². The summed E-state index contributed by atoms with van der Waals surface area (Å²) < 4.78 is 43.6. The molecule has 13 heavy (non-hydrogen) atoms. The van der Waals surface area contributed by atoms with Crippen molar-refractivity contribution in [1.82, 2.24) is 0 Å². The molecule has 0 aliphatic heterocycles. The first kappa shape index (κ1) is 9.94.